The maximum Gasteiger partial charge on any atom is 0.240 e. The average molecular weight is 218 g/mol. The highest BCUT2D eigenvalue weighted by atomic mass is 16.1. The number of rotatable bonds is 4. The number of anilines is 1. The van der Waals surface area contributed by atoms with Gasteiger partial charge in [0.1, 0.15) is 17.9 Å². The summed E-state index contributed by atoms with van der Waals surface area (Å²) in [5.41, 5.74) is 5.74. The molecule has 0 saturated carbocycles. The molecule has 3 N–H and O–H groups in total. The topological polar surface area (TPSA) is 91.8 Å². The highest BCUT2D eigenvalue weighted by Gasteiger charge is 2.19. The van der Waals surface area contributed by atoms with Gasteiger partial charge in [-0.3, -0.25) is 4.79 Å². The van der Waals surface area contributed by atoms with Crippen LogP contribution in [0.2, 0.25) is 0 Å². The van der Waals surface area contributed by atoms with Gasteiger partial charge in [-0.2, -0.15) is 5.26 Å². The van der Waals surface area contributed by atoms with Crippen LogP contribution in [-0.2, 0) is 4.79 Å². The van der Waals surface area contributed by atoms with Crippen molar-refractivity contribution in [3.05, 3.63) is 23.9 Å². The van der Waals surface area contributed by atoms with Gasteiger partial charge in [-0.15, -0.1) is 0 Å². The second-order valence-electron chi connectivity index (χ2n) is 3.81. The van der Waals surface area contributed by atoms with Crippen LogP contribution in [0.15, 0.2) is 18.3 Å². The Morgan fingerprint density at radius 2 is 2.25 bits per heavy atom. The van der Waals surface area contributed by atoms with Crippen LogP contribution in [0, 0.1) is 17.2 Å². The van der Waals surface area contributed by atoms with Gasteiger partial charge in [0, 0.05) is 6.20 Å². The van der Waals surface area contributed by atoms with E-state index in [4.69, 9.17) is 11.0 Å². The van der Waals surface area contributed by atoms with Crippen LogP contribution < -0.4 is 11.1 Å². The van der Waals surface area contributed by atoms with E-state index in [0.29, 0.717) is 11.4 Å². The second-order valence-corrected chi connectivity index (χ2v) is 3.81. The van der Waals surface area contributed by atoms with Gasteiger partial charge in [0.05, 0.1) is 5.56 Å². The number of nitrogens with zero attached hydrogens (tertiary/aromatic N) is 2. The molecule has 5 heteroatoms. The van der Waals surface area contributed by atoms with Gasteiger partial charge >= 0.3 is 0 Å². The number of pyridine rings is 1. The van der Waals surface area contributed by atoms with Gasteiger partial charge in [0.25, 0.3) is 0 Å². The first-order chi connectivity index (χ1) is 7.54. The van der Waals surface area contributed by atoms with E-state index in [-0.39, 0.29) is 5.92 Å². The maximum absolute atomic E-state index is 11.1. The minimum absolute atomic E-state index is 0.0787. The number of nitriles is 1. The summed E-state index contributed by atoms with van der Waals surface area (Å²) in [6, 6.07) is 4.80. The summed E-state index contributed by atoms with van der Waals surface area (Å²) in [4.78, 5) is 15.2. The molecule has 0 aliphatic heterocycles. The Morgan fingerprint density at radius 1 is 1.56 bits per heavy atom. The van der Waals surface area contributed by atoms with Gasteiger partial charge in [-0.25, -0.2) is 4.98 Å². The van der Waals surface area contributed by atoms with Gasteiger partial charge in [-0.1, -0.05) is 13.8 Å². The summed E-state index contributed by atoms with van der Waals surface area (Å²) in [5, 5.41) is 11.5. The van der Waals surface area contributed by atoms with Crippen LogP contribution in [0.25, 0.3) is 0 Å². The van der Waals surface area contributed by atoms with E-state index in [1.807, 2.05) is 19.9 Å². The molecule has 0 bridgehead atoms. The molecule has 1 atom stereocenters. The van der Waals surface area contributed by atoms with Crippen LogP contribution in [-0.4, -0.2) is 16.9 Å². The number of nitrogens with two attached hydrogens (primary N) is 1. The molecule has 84 valence electrons. The Kier molecular flexibility index (Phi) is 3.84. The molecule has 0 aromatic carbocycles. The van der Waals surface area contributed by atoms with E-state index in [2.05, 4.69) is 10.3 Å². The molecule has 0 radical (unpaired) electrons. The van der Waals surface area contributed by atoms with E-state index < -0.39 is 11.9 Å². The smallest absolute Gasteiger partial charge is 0.240 e. The molecular weight excluding hydrogens is 204 g/mol. The van der Waals surface area contributed by atoms with E-state index in [1.54, 1.807) is 12.1 Å². The SMILES string of the molecule is CC(C)C(Nc1ccc(C#N)cn1)C(N)=O. The van der Waals surface area contributed by atoms with Crippen molar-refractivity contribution in [2.24, 2.45) is 11.7 Å². The van der Waals surface area contributed by atoms with Crippen molar-refractivity contribution in [1.29, 1.82) is 5.26 Å². The van der Waals surface area contributed by atoms with Crippen LogP contribution in [0.3, 0.4) is 0 Å². The van der Waals surface area contributed by atoms with Crippen LogP contribution >= 0.6 is 0 Å². The third-order valence-electron chi connectivity index (χ3n) is 2.17. The second kappa shape index (κ2) is 5.12. The van der Waals surface area contributed by atoms with Gasteiger partial charge in [-0.05, 0) is 18.1 Å². The molecule has 0 spiro atoms. The zero-order valence-electron chi connectivity index (χ0n) is 9.27. The Bertz CT molecular complexity index is 405. The zero-order chi connectivity index (χ0) is 12.1. The first-order valence-corrected chi connectivity index (χ1v) is 4.96. The van der Waals surface area contributed by atoms with Gasteiger partial charge in [0.2, 0.25) is 5.91 Å². The van der Waals surface area contributed by atoms with Crippen molar-refractivity contribution in [1.82, 2.24) is 4.98 Å². The molecule has 0 aliphatic rings. The molecule has 1 aromatic heterocycles. The van der Waals surface area contributed by atoms with E-state index in [1.165, 1.54) is 6.20 Å². The number of nitrogens with one attached hydrogen (secondary N) is 1. The van der Waals surface area contributed by atoms with Gasteiger partial charge in [0.15, 0.2) is 0 Å². The summed E-state index contributed by atoms with van der Waals surface area (Å²) in [6.07, 6.45) is 1.45. The molecule has 1 unspecified atom stereocenters. The minimum Gasteiger partial charge on any atom is -0.368 e. The standard InChI is InChI=1S/C11H14N4O/c1-7(2)10(11(13)16)15-9-4-3-8(5-12)6-14-9/h3-4,6-7,10H,1-2H3,(H2,13,16)(H,14,15). The minimum atomic E-state index is -0.458. The first-order valence-electron chi connectivity index (χ1n) is 4.96. The number of carbonyl (C=O) groups is 1. The van der Waals surface area contributed by atoms with Crippen molar-refractivity contribution >= 4 is 11.7 Å². The largest absolute Gasteiger partial charge is 0.368 e. The molecule has 1 rings (SSSR count). The molecule has 16 heavy (non-hydrogen) atoms. The van der Waals surface area contributed by atoms with E-state index >= 15 is 0 Å². The summed E-state index contributed by atoms with van der Waals surface area (Å²) in [5.74, 6) is 0.201. The fraction of sp³-hybridized carbons (Fsp3) is 0.364. The lowest BCUT2D eigenvalue weighted by Gasteiger charge is -2.19. The normalized spacial score (nSPS) is 11.9. The van der Waals surface area contributed by atoms with Crippen LogP contribution in [0.4, 0.5) is 5.82 Å². The lowest BCUT2D eigenvalue weighted by molar-refractivity contribution is -0.119. The summed E-state index contributed by atoms with van der Waals surface area (Å²) in [6.45, 7) is 3.79. The molecule has 1 amide bonds. The molecule has 5 nitrogen and oxygen atoms in total. The average Bonchev–Trinajstić information content (AvgIpc) is 2.25. The maximum atomic E-state index is 11.1. The summed E-state index contributed by atoms with van der Waals surface area (Å²) >= 11 is 0. The van der Waals surface area contributed by atoms with Crippen LogP contribution in [0.1, 0.15) is 19.4 Å². The zero-order valence-corrected chi connectivity index (χ0v) is 9.27. The highest BCUT2D eigenvalue weighted by Crippen LogP contribution is 2.10. The van der Waals surface area contributed by atoms with Crippen molar-refractivity contribution in [2.45, 2.75) is 19.9 Å². The number of carbonyl (C=O) groups excluding carboxylic acids is 1. The number of primary amides is 1. The fourth-order valence-corrected chi connectivity index (χ4v) is 1.27. The molecule has 1 heterocycles. The lowest BCUT2D eigenvalue weighted by atomic mass is 10.0. The summed E-state index contributed by atoms with van der Waals surface area (Å²) in [7, 11) is 0. The number of hydrogen-bond acceptors (Lipinski definition) is 4. The van der Waals surface area contributed by atoms with Crippen LogP contribution in [0.5, 0.6) is 0 Å². The summed E-state index contributed by atoms with van der Waals surface area (Å²) < 4.78 is 0. The third-order valence-corrected chi connectivity index (χ3v) is 2.17. The predicted octanol–water partition coefficient (Wildman–Crippen LogP) is 0.875. The first kappa shape index (κ1) is 12.0. The van der Waals surface area contributed by atoms with Crippen molar-refractivity contribution in [3.8, 4) is 6.07 Å². The number of aromatic nitrogens is 1. The fourth-order valence-electron chi connectivity index (χ4n) is 1.27. The number of amides is 1. The molecule has 0 aliphatic carbocycles. The van der Waals surface area contributed by atoms with Crippen molar-refractivity contribution in [3.63, 3.8) is 0 Å². The lowest BCUT2D eigenvalue weighted by Crippen LogP contribution is -2.39. The predicted molar refractivity (Wildman–Crippen MR) is 60.4 cm³/mol. The molecule has 0 fully saturated rings. The Hall–Kier alpha value is -2.09. The Labute approximate surface area is 94.3 Å². The Morgan fingerprint density at radius 3 is 2.62 bits per heavy atom. The highest BCUT2D eigenvalue weighted by molar-refractivity contribution is 5.82. The third kappa shape index (κ3) is 2.95. The number of hydrogen-bond donors (Lipinski definition) is 2. The van der Waals surface area contributed by atoms with Crippen molar-refractivity contribution < 1.29 is 4.79 Å². The molecule has 1 aromatic rings. The van der Waals surface area contributed by atoms with Gasteiger partial charge < -0.3 is 11.1 Å². The van der Waals surface area contributed by atoms with Crippen molar-refractivity contribution in [2.75, 3.05) is 5.32 Å². The van der Waals surface area contributed by atoms with E-state index in [0.717, 1.165) is 0 Å². The molecular formula is C11H14N4O. The molecule has 0 saturated heterocycles. The Balaban J connectivity index is 2.78. The quantitative estimate of drug-likeness (QED) is 0.784. The van der Waals surface area contributed by atoms with E-state index in [9.17, 15) is 4.79 Å². The monoisotopic (exact) mass is 218 g/mol.